The number of nitrogens with zero attached hydrogens (tertiary/aromatic N) is 1. The van der Waals surface area contributed by atoms with Crippen LogP contribution in [0.25, 0.3) is 0 Å². The summed E-state index contributed by atoms with van der Waals surface area (Å²) < 4.78 is 20.8. The van der Waals surface area contributed by atoms with Crippen LogP contribution in [-0.4, -0.2) is 44.1 Å². The standard InChI is InChI=1S/C19H21NO6/c1-23-13-7-8-16(24-2)14(11-13)15-5-3-9-20(15)18(21)12-26-19(22)17-6-4-10-25-17/h4,6-8,10-11,15H,3,5,9,12H2,1-2H3/t15-/m0/s1. The van der Waals surface area contributed by atoms with Crippen LogP contribution in [0.1, 0.15) is 35.0 Å². The van der Waals surface area contributed by atoms with E-state index in [1.165, 1.54) is 12.3 Å². The van der Waals surface area contributed by atoms with Gasteiger partial charge in [-0.2, -0.15) is 0 Å². The predicted molar refractivity (Wildman–Crippen MR) is 92.2 cm³/mol. The first kappa shape index (κ1) is 17.8. The molecule has 0 spiro atoms. The molecular formula is C19H21NO6. The van der Waals surface area contributed by atoms with Crippen LogP contribution in [0, 0.1) is 0 Å². The zero-order valence-corrected chi connectivity index (χ0v) is 14.8. The third-order valence-corrected chi connectivity index (χ3v) is 4.42. The first-order chi connectivity index (χ1) is 12.6. The normalized spacial score (nSPS) is 16.4. The van der Waals surface area contributed by atoms with Gasteiger partial charge in [0, 0.05) is 12.1 Å². The molecule has 0 bridgehead atoms. The van der Waals surface area contributed by atoms with Gasteiger partial charge in [0.2, 0.25) is 5.76 Å². The van der Waals surface area contributed by atoms with Crippen molar-refractivity contribution in [2.45, 2.75) is 18.9 Å². The fourth-order valence-corrected chi connectivity index (χ4v) is 3.16. The number of furan rings is 1. The van der Waals surface area contributed by atoms with Crippen molar-refractivity contribution in [3.63, 3.8) is 0 Å². The maximum atomic E-state index is 12.6. The first-order valence-electron chi connectivity index (χ1n) is 8.36. The Morgan fingerprint density at radius 2 is 2.08 bits per heavy atom. The third kappa shape index (κ3) is 3.66. The Morgan fingerprint density at radius 3 is 2.77 bits per heavy atom. The molecule has 1 aromatic carbocycles. The lowest BCUT2D eigenvalue weighted by Crippen LogP contribution is -2.34. The third-order valence-electron chi connectivity index (χ3n) is 4.42. The predicted octanol–water partition coefficient (Wildman–Crippen LogP) is 2.82. The van der Waals surface area contributed by atoms with Crippen LogP contribution in [0.4, 0.5) is 0 Å². The van der Waals surface area contributed by atoms with Gasteiger partial charge in [-0.25, -0.2) is 4.79 Å². The fraction of sp³-hybridized carbons (Fsp3) is 0.368. The lowest BCUT2D eigenvalue weighted by molar-refractivity contribution is -0.135. The minimum atomic E-state index is -0.655. The van der Waals surface area contributed by atoms with Crippen molar-refractivity contribution < 1.29 is 28.2 Å². The van der Waals surface area contributed by atoms with E-state index < -0.39 is 5.97 Å². The number of likely N-dealkylation sites (tertiary alicyclic amines) is 1. The quantitative estimate of drug-likeness (QED) is 0.738. The molecular weight excluding hydrogens is 338 g/mol. The van der Waals surface area contributed by atoms with Crippen molar-refractivity contribution in [2.75, 3.05) is 27.4 Å². The van der Waals surface area contributed by atoms with E-state index in [1.54, 1.807) is 25.2 Å². The van der Waals surface area contributed by atoms with Crippen molar-refractivity contribution in [2.24, 2.45) is 0 Å². The van der Waals surface area contributed by atoms with Crippen molar-refractivity contribution in [3.05, 3.63) is 47.9 Å². The van der Waals surface area contributed by atoms with Gasteiger partial charge in [0.25, 0.3) is 5.91 Å². The van der Waals surface area contributed by atoms with Crippen molar-refractivity contribution in [1.29, 1.82) is 0 Å². The molecule has 1 aromatic heterocycles. The van der Waals surface area contributed by atoms with Gasteiger partial charge in [-0.3, -0.25) is 4.79 Å². The molecule has 1 atom stereocenters. The van der Waals surface area contributed by atoms with E-state index in [0.717, 1.165) is 18.4 Å². The molecule has 2 aromatic rings. The number of hydrogen-bond donors (Lipinski definition) is 0. The summed E-state index contributed by atoms with van der Waals surface area (Å²) in [6, 6.07) is 8.45. The Morgan fingerprint density at radius 1 is 1.23 bits per heavy atom. The van der Waals surface area contributed by atoms with Gasteiger partial charge in [0.1, 0.15) is 11.5 Å². The number of amides is 1. The van der Waals surface area contributed by atoms with E-state index in [1.807, 2.05) is 18.2 Å². The van der Waals surface area contributed by atoms with Gasteiger partial charge in [-0.15, -0.1) is 0 Å². The number of benzene rings is 1. The number of carbonyl (C=O) groups is 2. The highest BCUT2D eigenvalue weighted by atomic mass is 16.5. The van der Waals surface area contributed by atoms with Gasteiger partial charge < -0.3 is 23.5 Å². The molecule has 0 unspecified atom stereocenters. The molecule has 0 saturated carbocycles. The van der Waals surface area contributed by atoms with Gasteiger partial charge in [-0.1, -0.05) is 0 Å². The van der Waals surface area contributed by atoms with Crippen LogP contribution in [0.2, 0.25) is 0 Å². The molecule has 138 valence electrons. The average Bonchev–Trinajstić information content (AvgIpc) is 3.37. The minimum absolute atomic E-state index is 0.0743. The molecule has 1 aliphatic heterocycles. The van der Waals surface area contributed by atoms with Crippen molar-refractivity contribution >= 4 is 11.9 Å². The fourth-order valence-electron chi connectivity index (χ4n) is 3.16. The lowest BCUT2D eigenvalue weighted by atomic mass is 10.0. The van der Waals surface area contributed by atoms with Gasteiger partial charge in [0.05, 0.1) is 26.5 Å². The summed E-state index contributed by atoms with van der Waals surface area (Å²) in [5, 5.41) is 0. The van der Waals surface area contributed by atoms with Crippen LogP contribution in [0.5, 0.6) is 11.5 Å². The van der Waals surface area contributed by atoms with Crippen LogP contribution < -0.4 is 9.47 Å². The topological polar surface area (TPSA) is 78.2 Å². The van der Waals surface area contributed by atoms with E-state index in [-0.39, 0.29) is 24.3 Å². The second-order valence-corrected chi connectivity index (χ2v) is 5.91. The summed E-state index contributed by atoms with van der Waals surface area (Å²) in [5.41, 5.74) is 0.884. The molecule has 1 amide bonds. The van der Waals surface area contributed by atoms with Crippen LogP contribution >= 0.6 is 0 Å². The van der Waals surface area contributed by atoms with E-state index in [9.17, 15) is 9.59 Å². The molecule has 3 rings (SSSR count). The highest BCUT2D eigenvalue weighted by molar-refractivity contribution is 5.88. The second kappa shape index (κ2) is 7.95. The highest BCUT2D eigenvalue weighted by Gasteiger charge is 2.32. The SMILES string of the molecule is COc1ccc(OC)c([C@@H]2CCCN2C(=O)COC(=O)c2ccco2)c1. The molecule has 1 saturated heterocycles. The Bertz CT molecular complexity index is 770. The summed E-state index contributed by atoms with van der Waals surface area (Å²) in [5.74, 6) is 0.563. The molecule has 7 heteroatoms. The van der Waals surface area contributed by atoms with E-state index in [2.05, 4.69) is 0 Å². The molecule has 2 heterocycles. The summed E-state index contributed by atoms with van der Waals surface area (Å²) in [6.45, 7) is 0.268. The first-order valence-corrected chi connectivity index (χ1v) is 8.36. The molecule has 0 aliphatic carbocycles. The van der Waals surface area contributed by atoms with Crippen LogP contribution in [-0.2, 0) is 9.53 Å². The number of methoxy groups -OCH3 is 2. The molecule has 0 N–H and O–H groups in total. The van der Waals surface area contributed by atoms with Crippen LogP contribution in [0.15, 0.2) is 41.0 Å². The molecule has 26 heavy (non-hydrogen) atoms. The molecule has 1 aliphatic rings. The maximum absolute atomic E-state index is 12.6. The molecule has 1 fully saturated rings. The number of hydrogen-bond acceptors (Lipinski definition) is 6. The highest BCUT2D eigenvalue weighted by Crippen LogP contribution is 2.38. The second-order valence-electron chi connectivity index (χ2n) is 5.91. The maximum Gasteiger partial charge on any atom is 0.374 e. The zero-order chi connectivity index (χ0) is 18.5. The smallest absolute Gasteiger partial charge is 0.374 e. The number of ether oxygens (including phenoxy) is 3. The van der Waals surface area contributed by atoms with Gasteiger partial charge in [-0.05, 0) is 43.2 Å². The Labute approximate surface area is 151 Å². The lowest BCUT2D eigenvalue weighted by Gasteiger charge is -2.26. The zero-order valence-electron chi connectivity index (χ0n) is 14.8. The van der Waals surface area contributed by atoms with Crippen molar-refractivity contribution in [3.8, 4) is 11.5 Å². The number of carbonyl (C=O) groups excluding carboxylic acids is 2. The number of rotatable bonds is 6. The Kier molecular flexibility index (Phi) is 5.46. The van der Waals surface area contributed by atoms with Crippen LogP contribution in [0.3, 0.4) is 0 Å². The summed E-state index contributed by atoms with van der Waals surface area (Å²) in [6.07, 6.45) is 3.05. The van der Waals surface area contributed by atoms with E-state index in [0.29, 0.717) is 18.0 Å². The minimum Gasteiger partial charge on any atom is -0.497 e. The van der Waals surface area contributed by atoms with Crippen molar-refractivity contribution in [1.82, 2.24) is 4.90 Å². The average molecular weight is 359 g/mol. The summed E-state index contributed by atoms with van der Waals surface area (Å²) in [7, 11) is 3.19. The molecule has 0 radical (unpaired) electrons. The summed E-state index contributed by atoms with van der Waals surface area (Å²) >= 11 is 0. The monoisotopic (exact) mass is 359 g/mol. The molecule has 7 nitrogen and oxygen atoms in total. The Balaban J connectivity index is 1.71. The van der Waals surface area contributed by atoms with Gasteiger partial charge in [0.15, 0.2) is 6.61 Å². The largest absolute Gasteiger partial charge is 0.497 e. The van der Waals surface area contributed by atoms with Gasteiger partial charge >= 0.3 is 5.97 Å². The number of esters is 1. The Hall–Kier alpha value is -2.96. The van der Waals surface area contributed by atoms with E-state index >= 15 is 0 Å². The summed E-state index contributed by atoms with van der Waals surface area (Å²) in [4.78, 5) is 26.2. The van der Waals surface area contributed by atoms with E-state index in [4.69, 9.17) is 18.6 Å².